The number of ether oxygens (including phenoxy) is 4. The van der Waals surface area contributed by atoms with Gasteiger partial charge in [0, 0.05) is 52.9 Å². The minimum atomic E-state index is -0.0887. The smallest absolute Gasteiger partial charge is 0.261 e. The van der Waals surface area contributed by atoms with Crippen molar-refractivity contribution in [1.82, 2.24) is 14.7 Å². The number of amides is 2. The Morgan fingerprint density at radius 2 is 1.67 bits per heavy atom. The molecule has 2 aliphatic heterocycles. The maximum atomic E-state index is 13.1. The summed E-state index contributed by atoms with van der Waals surface area (Å²) in [7, 11) is 4.62. The molecule has 9 nitrogen and oxygen atoms in total. The maximum absolute atomic E-state index is 13.1. The molecule has 2 saturated heterocycles. The van der Waals surface area contributed by atoms with E-state index in [-0.39, 0.29) is 24.5 Å². The van der Waals surface area contributed by atoms with Crippen molar-refractivity contribution in [2.24, 2.45) is 0 Å². The zero-order valence-corrected chi connectivity index (χ0v) is 18.0. The molecule has 166 valence electrons. The topological polar surface area (TPSA) is 80.8 Å². The zero-order valence-electron chi connectivity index (χ0n) is 18.0. The van der Waals surface area contributed by atoms with E-state index in [2.05, 4.69) is 4.90 Å². The number of carbonyl (C=O) groups excluding carboxylic acids is 2. The summed E-state index contributed by atoms with van der Waals surface area (Å²) in [6.45, 7) is 5.24. The van der Waals surface area contributed by atoms with Gasteiger partial charge in [-0.05, 0) is 12.1 Å². The van der Waals surface area contributed by atoms with Gasteiger partial charge in [-0.25, -0.2) is 0 Å². The van der Waals surface area contributed by atoms with Crippen LogP contribution in [0.2, 0.25) is 0 Å². The number of nitrogens with zero attached hydrogens (tertiary/aromatic N) is 3. The average Bonchev–Trinajstić information content (AvgIpc) is 2.78. The lowest BCUT2D eigenvalue weighted by Gasteiger charge is -2.39. The number of hydrogen-bond acceptors (Lipinski definition) is 7. The normalized spacial score (nSPS) is 20.2. The van der Waals surface area contributed by atoms with Crippen molar-refractivity contribution in [3.05, 3.63) is 23.8 Å². The summed E-state index contributed by atoms with van der Waals surface area (Å²) in [5.41, 5.74) is 0.457. The van der Waals surface area contributed by atoms with E-state index in [1.165, 1.54) is 7.11 Å². The molecule has 1 aromatic carbocycles. The Kier molecular flexibility index (Phi) is 7.89. The summed E-state index contributed by atoms with van der Waals surface area (Å²) in [6.07, 6.45) is -0.0314. The van der Waals surface area contributed by atoms with Crippen molar-refractivity contribution >= 4 is 11.8 Å². The van der Waals surface area contributed by atoms with E-state index >= 15 is 0 Å². The molecule has 0 aromatic heterocycles. The van der Waals surface area contributed by atoms with Crippen molar-refractivity contribution in [3.8, 4) is 11.5 Å². The molecule has 2 heterocycles. The van der Waals surface area contributed by atoms with Gasteiger partial charge in [0.25, 0.3) is 5.91 Å². The molecule has 2 amide bonds. The third-order valence-electron chi connectivity index (χ3n) is 5.52. The highest BCUT2D eigenvalue weighted by Crippen LogP contribution is 2.29. The van der Waals surface area contributed by atoms with Gasteiger partial charge in [-0.15, -0.1) is 0 Å². The first-order valence-electron chi connectivity index (χ1n) is 10.2. The van der Waals surface area contributed by atoms with Gasteiger partial charge in [0.2, 0.25) is 5.91 Å². The van der Waals surface area contributed by atoms with Crippen molar-refractivity contribution < 1.29 is 28.5 Å². The zero-order chi connectivity index (χ0) is 21.5. The molecule has 3 rings (SSSR count). The van der Waals surface area contributed by atoms with Gasteiger partial charge in [0.05, 0.1) is 26.9 Å². The molecule has 0 saturated carbocycles. The van der Waals surface area contributed by atoms with Gasteiger partial charge in [0.15, 0.2) is 0 Å². The minimum absolute atomic E-state index is 0.00743. The largest absolute Gasteiger partial charge is 0.496 e. The Hall–Kier alpha value is -2.36. The third-order valence-corrected chi connectivity index (χ3v) is 5.52. The molecule has 0 aliphatic carbocycles. The van der Waals surface area contributed by atoms with Gasteiger partial charge in [-0.3, -0.25) is 14.5 Å². The second-order valence-corrected chi connectivity index (χ2v) is 7.40. The van der Waals surface area contributed by atoms with Crippen LogP contribution in [0.1, 0.15) is 10.4 Å². The minimum Gasteiger partial charge on any atom is -0.496 e. The molecular formula is C21H31N3O6. The Morgan fingerprint density at radius 3 is 2.27 bits per heavy atom. The fraction of sp³-hybridized carbons (Fsp3) is 0.619. The fourth-order valence-electron chi connectivity index (χ4n) is 3.91. The summed E-state index contributed by atoms with van der Waals surface area (Å²) in [5, 5.41) is 0. The molecule has 0 radical (unpaired) electrons. The van der Waals surface area contributed by atoms with Crippen LogP contribution < -0.4 is 9.47 Å². The molecule has 1 aromatic rings. The highest BCUT2D eigenvalue weighted by molar-refractivity contribution is 5.99. The molecule has 9 heteroatoms. The third kappa shape index (κ3) is 5.21. The van der Waals surface area contributed by atoms with Crippen LogP contribution in [0.4, 0.5) is 0 Å². The number of benzene rings is 1. The van der Waals surface area contributed by atoms with Crippen LogP contribution in [0.5, 0.6) is 11.5 Å². The summed E-state index contributed by atoms with van der Waals surface area (Å²) < 4.78 is 21.5. The van der Waals surface area contributed by atoms with E-state index in [9.17, 15) is 9.59 Å². The summed E-state index contributed by atoms with van der Waals surface area (Å²) in [5.74, 6) is 0.928. The van der Waals surface area contributed by atoms with Gasteiger partial charge in [-0.1, -0.05) is 6.07 Å². The lowest BCUT2D eigenvalue weighted by Crippen LogP contribution is -2.54. The molecule has 30 heavy (non-hydrogen) atoms. The number of piperazine rings is 1. The van der Waals surface area contributed by atoms with Crippen molar-refractivity contribution in [3.63, 3.8) is 0 Å². The first-order valence-corrected chi connectivity index (χ1v) is 10.2. The molecule has 1 atom stereocenters. The van der Waals surface area contributed by atoms with Gasteiger partial charge < -0.3 is 28.7 Å². The Morgan fingerprint density at radius 1 is 1.00 bits per heavy atom. The maximum Gasteiger partial charge on any atom is 0.261 e. The second kappa shape index (κ2) is 10.6. The average molecular weight is 421 g/mol. The van der Waals surface area contributed by atoms with Crippen LogP contribution in [-0.2, 0) is 14.3 Å². The van der Waals surface area contributed by atoms with Crippen LogP contribution in [-0.4, -0.2) is 113 Å². The second-order valence-electron chi connectivity index (χ2n) is 7.40. The monoisotopic (exact) mass is 421 g/mol. The van der Waals surface area contributed by atoms with Crippen LogP contribution >= 0.6 is 0 Å². The summed E-state index contributed by atoms with van der Waals surface area (Å²) in [6, 6.07) is 5.34. The van der Waals surface area contributed by atoms with E-state index in [4.69, 9.17) is 18.9 Å². The number of methoxy groups -OCH3 is 3. The van der Waals surface area contributed by atoms with E-state index in [1.54, 1.807) is 37.3 Å². The number of carbonyl (C=O) groups is 2. The predicted octanol–water partition coefficient (Wildman–Crippen LogP) is 0.335. The fourth-order valence-corrected chi connectivity index (χ4v) is 3.91. The molecule has 0 unspecified atom stereocenters. The highest BCUT2D eigenvalue weighted by atomic mass is 16.5. The first kappa shape index (κ1) is 22.3. The van der Waals surface area contributed by atoms with E-state index < -0.39 is 0 Å². The quantitative estimate of drug-likeness (QED) is 0.628. The van der Waals surface area contributed by atoms with Crippen LogP contribution in [0.15, 0.2) is 18.2 Å². The SMILES string of the molecule is COCC(=O)N1CCO[C@H](CN2CCN(C(=O)c3c(OC)cccc3OC)CC2)C1. The van der Waals surface area contributed by atoms with Gasteiger partial charge >= 0.3 is 0 Å². The molecule has 0 spiro atoms. The number of hydrogen-bond donors (Lipinski definition) is 0. The molecule has 2 aliphatic rings. The van der Waals surface area contributed by atoms with Crippen molar-refractivity contribution in [2.45, 2.75) is 6.10 Å². The lowest BCUT2D eigenvalue weighted by molar-refractivity contribution is -0.143. The Balaban J connectivity index is 1.54. The molecular weight excluding hydrogens is 390 g/mol. The van der Waals surface area contributed by atoms with Gasteiger partial charge in [-0.2, -0.15) is 0 Å². The highest BCUT2D eigenvalue weighted by Gasteiger charge is 2.30. The molecule has 0 bridgehead atoms. The summed E-state index contributed by atoms with van der Waals surface area (Å²) >= 11 is 0. The summed E-state index contributed by atoms with van der Waals surface area (Å²) in [4.78, 5) is 31.1. The van der Waals surface area contributed by atoms with Crippen molar-refractivity contribution in [2.75, 3.05) is 80.4 Å². The standard InChI is InChI=1S/C21H31N3O6/c1-27-15-19(25)24-11-12-30-16(14-24)13-22-7-9-23(10-8-22)21(26)20-17(28-2)5-4-6-18(20)29-3/h4-6,16H,7-15H2,1-3H3/t16-/m1/s1. The first-order chi connectivity index (χ1) is 14.6. The van der Waals surface area contributed by atoms with E-state index in [0.29, 0.717) is 49.8 Å². The number of morpholine rings is 1. The molecule has 0 N–H and O–H groups in total. The Labute approximate surface area is 177 Å². The van der Waals surface area contributed by atoms with E-state index in [0.717, 1.165) is 19.6 Å². The predicted molar refractivity (Wildman–Crippen MR) is 110 cm³/mol. The number of rotatable bonds is 7. The van der Waals surface area contributed by atoms with Crippen LogP contribution in [0.25, 0.3) is 0 Å². The van der Waals surface area contributed by atoms with E-state index in [1.807, 2.05) is 4.90 Å². The van der Waals surface area contributed by atoms with Crippen LogP contribution in [0, 0.1) is 0 Å². The Bertz CT molecular complexity index is 713. The van der Waals surface area contributed by atoms with Gasteiger partial charge in [0.1, 0.15) is 23.7 Å². The molecule has 2 fully saturated rings. The van der Waals surface area contributed by atoms with Crippen LogP contribution in [0.3, 0.4) is 0 Å². The lowest BCUT2D eigenvalue weighted by atomic mass is 10.1. The van der Waals surface area contributed by atoms with Crippen molar-refractivity contribution in [1.29, 1.82) is 0 Å².